The molecule has 72 valence electrons. The normalized spacial score (nSPS) is 27.9. The Labute approximate surface area is 88.7 Å². The molecule has 0 fully saturated rings. The monoisotopic (exact) mass is 290 g/mol. The molecule has 0 aromatic heterocycles. The first kappa shape index (κ1) is 9.40. The Morgan fingerprint density at radius 1 is 1.62 bits per heavy atom. The summed E-state index contributed by atoms with van der Waals surface area (Å²) in [5, 5.41) is 8.96. The van der Waals surface area contributed by atoms with Gasteiger partial charge in [-0.2, -0.15) is 0 Å². The van der Waals surface area contributed by atoms with Gasteiger partial charge in [0.05, 0.1) is 0 Å². The Morgan fingerprint density at radius 3 is 3.15 bits per heavy atom. The predicted molar refractivity (Wildman–Crippen MR) is 49.6 cm³/mol. The average Bonchev–Trinajstić information content (AvgIpc) is 2.67. The SMILES string of the molecule is OC[C@@H]1C[I-]C(C2=CC=CCC2)=N1. The van der Waals surface area contributed by atoms with Crippen LogP contribution in [0, 0.1) is 0 Å². The Balaban J connectivity index is 2.09. The van der Waals surface area contributed by atoms with E-state index in [9.17, 15) is 0 Å². The summed E-state index contributed by atoms with van der Waals surface area (Å²) >= 11 is 0.0923. The minimum atomic E-state index is 0.0923. The van der Waals surface area contributed by atoms with Gasteiger partial charge >= 0.3 is 88.7 Å². The fraction of sp³-hybridized carbons (Fsp3) is 0.500. The number of allylic oxidation sites excluding steroid dienone is 4. The zero-order valence-corrected chi connectivity index (χ0v) is 9.57. The second-order valence-corrected chi connectivity index (χ2v) is 5.87. The Morgan fingerprint density at radius 2 is 2.54 bits per heavy atom. The summed E-state index contributed by atoms with van der Waals surface area (Å²) in [6.45, 7) is 0.229. The molecular weight excluding hydrogens is 277 g/mol. The minimum absolute atomic E-state index is 0.0923. The third-order valence-corrected chi connectivity index (χ3v) is 5.32. The van der Waals surface area contributed by atoms with E-state index < -0.39 is 0 Å². The Bertz CT molecular complexity index is 281. The zero-order chi connectivity index (χ0) is 9.10. The molecule has 2 nitrogen and oxygen atoms in total. The van der Waals surface area contributed by atoms with E-state index in [1.165, 1.54) is 9.29 Å². The molecule has 2 rings (SSSR count). The van der Waals surface area contributed by atoms with E-state index in [2.05, 4.69) is 23.2 Å². The topological polar surface area (TPSA) is 32.6 Å². The molecule has 1 aliphatic heterocycles. The van der Waals surface area contributed by atoms with Crippen LogP contribution in [-0.4, -0.2) is 25.9 Å². The zero-order valence-electron chi connectivity index (χ0n) is 7.41. The van der Waals surface area contributed by atoms with Gasteiger partial charge in [0.25, 0.3) is 0 Å². The van der Waals surface area contributed by atoms with Gasteiger partial charge < -0.3 is 0 Å². The molecule has 0 amide bonds. The summed E-state index contributed by atoms with van der Waals surface area (Å²) in [4.78, 5) is 4.54. The van der Waals surface area contributed by atoms with Crippen LogP contribution in [0.15, 0.2) is 28.8 Å². The van der Waals surface area contributed by atoms with Gasteiger partial charge in [0, 0.05) is 0 Å². The number of aliphatic imine (C=N–C) groups is 1. The van der Waals surface area contributed by atoms with Crippen molar-refractivity contribution in [1.82, 2.24) is 0 Å². The third kappa shape index (κ3) is 2.20. The number of halogens is 1. The number of hydrogen-bond acceptors (Lipinski definition) is 2. The fourth-order valence-corrected chi connectivity index (χ4v) is 4.36. The van der Waals surface area contributed by atoms with Crippen LogP contribution in [0.1, 0.15) is 12.8 Å². The van der Waals surface area contributed by atoms with Crippen LogP contribution >= 0.6 is 0 Å². The summed E-state index contributed by atoms with van der Waals surface area (Å²) in [6, 6.07) is 0.217. The molecule has 1 heterocycles. The van der Waals surface area contributed by atoms with Gasteiger partial charge in [0.2, 0.25) is 0 Å². The quantitative estimate of drug-likeness (QED) is 0.469. The van der Waals surface area contributed by atoms with Crippen molar-refractivity contribution >= 4 is 3.72 Å². The van der Waals surface area contributed by atoms with Gasteiger partial charge in [-0.15, -0.1) is 0 Å². The van der Waals surface area contributed by atoms with Crippen LogP contribution in [-0.2, 0) is 0 Å². The van der Waals surface area contributed by atoms with Crippen molar-refractivity contribution in [2.75, 3.05) is 11.0 Å². The van der Waals surface area contributed by atoms with E-state index in [-0.39, 0.29) is 33.9 Å². The van der Waals surface area contributed by atoms with Crippen molar-refractivity contribution < 1.29 is 26.3 Å². The van der Waals surface area contributed by atoms with E-state index in [1.54, 1.807) is 0 Å². The predicted octanol–water partition coefficient (Wildman–Crippen LogP) is -1.88. The molecule has 1 aliphatic carbocycles. The van der Waals surface area contributed by atoms with Crippen molar-refractivity contribution in [3.63, 3.8) is 0 Å². The molecule has 13 heavy (non-hydrogen) atoms. The van der Waals surface area contributed by atoms with Gasteiger partial charge in [-0.3, -0.25) is 0 Å². The van der Waals surface area contributed by atoms with Crippen molar-refractivity contribution in [2.24, 2.45) is 4.99 Å². The summed E-state index contributed by atoms with van der Waals surface area (Å²) in [6.07, 6.45) is 8.80. The molecule has 1 N–H and O–H groups in total. The van der Waals surface area contributed by atoms with E-state index >= 15 is 0 Å². The molecule has 0 radical (unpaired) electrons. The molecule has 0 aromatic carbocycles. The molecule has 0 spiro atoms. The summed E-state index contributed by atoms with van der Waals surface area (Å²) in [7, 11) is 0. The van der Waals surface area contributed by atoms with Crippen LogP contribution < -0.4 is 21.2 Å². The van der Waals surface area contributed by atoms with E-state index in [0.29, 0.717) is 0 Å². The van der Waals surface area contributed by atoms with Crippen LogP contribution in [0.25, 0.3) is 0 Å². The summed E-state index contributed by atoms with van der Waals surface area (Å²) in [5.74, 6) is 0. The molecule has 3 heteroatoms. The Kier molecular flexibility index (Phi) is 3.16. The van der Waals surface area contributed by atoms with Crippen LogP contribution in [0.4, 0.5) is 0 Å². The maximum absolute atomic E-state index is 8.96. The second kappa shape index (κ2) is 4.37. The van der Waals surface area contributed by atoms with Gasteiger partial charge in [0.1, 0.15) is 0 Å². The molecule has 0 saturated heterocycles. The number of rotatable bonds is 2. The molecule has 0 aromatic rings. The summed E-state index contributed by atoms with van der Waals surface area (Å²) < 4.78 is 2.47. The first-order chi connectivity index (χ1) is 6.40. The molecule has 0 saturated carbocycles. The van der Waals surface area contributed by atoms with Crippen LogP contribution in [0.3, 0.4) is 0 Å². The van der Waals surface area contributed by atoms with Crippen molar-refractivity contribution in [1.29, 1.82) is 0 Å². The molecule has 0 bridgehead atoms. The van der Waals surface area contributed by atoms with E-state index in [0.717, 1.165) is 17.3 Å². The molecule has 0 unspecified atom stereocenters. The fourth-order valence-electron chi connectivity index (χ4n) is 1.42. The molecule has 1 atom stereocenters. The van der Waals surface area contributed by atoms with Crippen molar-refractivity contribution in [3.8, 4) is 0 Å². The molecular formula is C10H13INO-. The maximum atomic E-state index is 8.96. The van der Waals surface area contributed by atoms with Gasteiger partial charge in [-0.25, -0.2) is 0 Å². The third-order valence-electron chi connectivity index (χ3n) is 2.17. The van der Waals surface area contributed by atoms with Crippen LogP contribution in [0.2, 0.25) is 0 Å². The van der Waals surface area contributed by atoms with Gasteiger partial charge in [-0.05, 0) is 0 Å². The first-order valence-corrected chi connectivity index (χ1v) is 7.14. The summed E-state index contributed by atoms with van der Waals surface area (Å²) in [5.41, 5.74) is 1.42. The number of nitrogens with zero attached hydrogens (tertiary/aromatic N) is 1. The Hall–Kier alpha value is -0.160. The van der Waals surface area contributed by atoms with Gasteiger partial charge in [0.15, 0.2) is 0 Å². The standard InChI is InChI=1S/C10H13INO/c13-7-9-6-11-10(12-9)8-4-2-1-3-5-8/h1-2,4,9,13H,3,5-7H2/q-1/t9-/m0/s1. The number of aliphatic hydroxyl groups excluding tert-OH is 1. The molecule has 2 aliphatic rings. The van der Waals surface area contributed by atoms with E-state index in [4.69, 9.17) is 5.11 Å². The first-order valence-electron chi connectivity index (χ1n) is 4.54. The average molecular weight is 290 g/mol. The van der Waals surface area contributed by atoms with Gasteiger partial charge in [-0.1, -0.05) is 0 Å². The number of alkyl halides is 1. The van der Waals surface area contributed by atoms with E-state index in [1.807, 2.05) is 0 Å². The van der Waals surface area contributed by atoms with Crippen molar-refractivity contribution in [2.45, 2.75) is 18.9 Å². The number of aliphatic hydroxyl groups is 1. The number of hydrogen-bond donors (Lipinski definition) is 1. The van der Waals surface area contributed by atoms with Crippen molar-refractivity contribution in [3.05, 3.63) is 23.8 Å². The second-order valence-electron chi connectivity index (χ2n) is 3.20. The van der Waals surface area contributed by atoms with Crippen LogP contribution in [0.5, 0.6) is 0 Å².